The van der Waals surface area contributed by atoms with Crippen molar-refractivity contribution in [1.82, 2.24) is 0 Å². The van der Waals surface area contributed by atoms with Gasteiger partial charge in [0.2, 0.25) is 0 Å². The van der Waals surface area contributed by atoms with Crippen LogP contribution in [-0.2, 0) is 5.41 Å². The molecule has 0 N–H and O–H groups in total. The number of hydrogen-bond donors (Lipinski definition) is 0. The minimum atomic E-state index is -0.194. The average molecular weight is 781 g/mol. The van der Waals surface area contributed by atoms with Crippen LogP contribution in [0.5, 0.6) is 0 Å². The Kier molecular flexibility index (Phi) is 8.86. The van der Waals surface area contributed by atoms with E-state index in [1.165, 1.54) is 66.1 Å². The van der Waals surface area contributed by atoms with Gasteiger partial charge in [0.25, 0.3) is 0 Å². The quantitative estimate of drug-likeness (QED) is 0.142. The van der Waals surface area contributed by atoms with Gasteiger partial charge in [0, 0.05) is 39.5 Å². The van der Waals surface area contributed by atoms with Gasteiger partial charge in [0.05, 0.1) is 0 Å². The Morgan fingerprint density at radius 3 is 1.38 bits per heavy atom. The van der Waals surface area contributed by atoms with E-state index in [-0.39, 0.29) is 5.41 Å². The third kappa shape index (κ3) is 6.45. The molecule has 10 aromatic rings. The van der Waals surface area contributed by atoms with Crippen LogP contribution in [0.25, 0.3) is 54.9 Å². The highest BCUT2D eigenvalue weighted by Gasteiger charge is 2.36. The maximum Gasteiger partial charge on any atom is 0.0482 e. The summed E-state index contributed by atoms with van der Waals surface area (Å²) in [4.78, 5) is 4.80. The van der Waals surface area contributed by atoms with Crippen LogP contribution >= 0.6 is 0 Å². The molecule has 10 aromatic carbocycles. The fourth-order valence-corrected chi connectivity index (χ4v) is 9.52. The number of nitrogens with zero attached hydrogens (tertiary/aromatic N) is 2. The second-order valence-corrected chi connectivity index (χ2v) is 16.6. The molecule has 2 heteroatoms. The smallest absolute Gasteiger partial charge is 0.0482 e. The van der Waals surface area contributed by atoms with Crippen LogP contribution in [0.4, 0.5) is 34.1 Å². The van der Waals surface area contributed by atoms with E-state index < -0.39 is 0 Å². The van der Waals surface area contributed by atoms with Gasteiger partial charge in [0.1, 0.15) is 0 Å². The van der Waals surface area contributed by atoms with Crippen molar-refractivity contribution in [2.75, 3.05) is 9.80 Å². The fraction of sp³-hybridized carbons (Fsp3) is 0.0508. The summed E-state index contributed by atoms with van der Waals surface area (Å²) in [7, 11) is 0. The van der Waals surface area contributed by atoms with E-state index >= 15 is 0 Å². The fourth-order valence-electron chi connectivity index (χ4n) is 9.52. The van der Waals surface area contributed by atoms with E-state index in [1.54, 1.807) is 0 Å². The molecular weight excluding hydrogens is 737 g/mol. The summed E-state index contributed by atoms with van der Waals surface area (Å²) in [5, 5.41) is 5.17. The second-order valence-electron chi connectivity index (χ2n) is 16.6. The Morgan fingerprint density at radius 1 is 0.279 bits per heavy atom. The highest BCUT2D eigenvalue weighted by molar-refractivity contribution is 6.10. The van der Waals surface area contributed by atoms with Crippen LogP contribution < -0.4 is 9.80 Å². The monoisotopic (exact) mass is 780 g/mol. The van der Waals surface area contributed by atoms with Crippen LogP contribution in [-0.4, -0.2) is 0 Å². The molecule has 2 nitrogen and oxygen atoms in total. The number of benzene rings is 10. The Balaban J connectivity index is 1.05. The minimum absolute atomic E-state index is 0.194. The van der Waals surface area contributed by atoms with E-state index in [0.717, 1.165) is 34.1 Å². The second kappa shape index (κ2) is 14.9. The predicted octanol–water partition coefficient (Wildman–Crippen LogP) is 16.6. The first-order valence-corrected chi connectivity index (χ1v) is 21.2. The van der Waals surface area contributed by atoms with Gasteiger partial charge in [-0.05, 0) is 145 Å². The lowest BCUT2D eigenvalue weighted by Gasteiger charge is -2.30. The Labute approximate surface area is 358 Å². The van der Waals surface area contributed by atoms with Gasteiger partial charge in [-0.25, -0.2) is 0 Å². The highest BCUT2D eigenvalue weighted by Crippen LogP contribution is 2.52. The summed E-state index contributed by atoms with van der Waals surface area (Å²) in [6.07, 6.45) is 0. The van der Waals surface area contributed by atoms with Gasteiger partial charge in [-0.2, -0.15) is 0 Å². The van der Waals surface area contributed by atoms with Gasteiger partial charge < -0.3 is 9.80 Å². The molecule has 1 aliphatic carbocycles. The molecule has 0 aromatic heterocycles. The molecule has 1 aliphatic rings. The summed E-state index contributed by atoms with van der Waals surface area (Å²) in [5.74, 6) is 0. The highest BCUT2D eigenvalue weighted by atomic mass is 15.2. The molecule has 0 atom stereocenters. The molecule has 0 saturated carbocycles. The van der Waals surface area contributed by atoms with Gasteiger partial charge >= 0.3 is 0 Å². The lowest BCUT2D eigenvalue weighted by Crippen LogP contribution is -2.17. The van der Waals surface area contributed by atoms with E-state index in [2.05, 4.69) is 254 Å². The van der Waals surface area contributed by atoms with Crippen molar-refractivity contribution in [1.29, 1.82) is 0 Å². The molecule has 0 fully saturated rings. The number of anilines is 6. The zero-order valence-corrected chi connectivity index (χ0v) is 34.3. The molecule has 61 heavy (non-hydrogen) atoms. The summed E-state index contributed by atoms with van der Waals surface area (Å²) < 4.78 is 0. The molecule has 0 amide bonds. The Hall–Kier alpha value is -7.68. The van der Waals surface area contributed by atoms with Crippen molar-refractivity contribution < 1.29 is 0 Å². The molecule has 0 spiro atoms. The molecule has 0 bridgehead atoms. The maximum absolute atomic E-state index is 2.46. The van der Waals surface area contributed by atoms with Crippen molar-refractivity contribution in [3.05, 3.63) is 242 Å². The van der Waals surface area contributed by atoms with Gasteiger partial charge in [-0.15, -0.1) is 0 Å². The first-order valence-electron chi connectivity index (χ1n) is 21.2. The first-order chi connectivity index (χ1) is 30.0. The normalized spacial score (nSPS) is 12.6. The summed E-state index contributed by atoms with van der Waals surface area (Å²) in [5.41, 5.74) is 16.5. The van der Waals surface area contributed by atoms with Crippen LogP contribution in [0.15, 0.2) is 231 Å². The lowest BCUT2D eigenvalue weighted by atomic mass is 9.81. The zero-order valence-electron chi connectivity index (χ0n) is 34.3. The summed E-state index contributed by atoms with van der Waals surface area (Å²) >= 11 is 0. The molecule has 0 aliphatic heterocycles. The number of rotatable bonds is 8. The standard InChI is InChI=1S/C59H44N2/c1-59(2)57-39-52(33-34-54(57)56-37-46-32-31-43-21-12-13-30-53(43)55(46)40-58(56)59)60(47-24-10-5-11-25-47)50-28-16-29-51(38-50)61(48-26-14-22-44(35-48)41-17-6-3-7-18-41)49-27-15-23-45(36-49)42-19-8-4-9-20-42/h3-40H,1-2H3. The predicted molar refractivity (Wildman–Crippen MR) is 259 cm³/mol. The third-order valence-electron chi connectivity index (χ3n) is 12.6. The Morgan fingerprint density at radius 2 is 0.738 bits per heavy atom. The van der Waals surface area contributed by atoms with Crippen molar-refractivity contribution in [3.63, 3.8) is 0 Å². The van der Waals surface area contributed by atoms with Gasteiger partial charge in [-0.3, -0.25) is 0 Å². The average Bonchev–Trinajstić information content (AvgIpc) is 3.54. The SMILES string of the molecule is CC1(C)c2cc(N(c3ccccc3)c3cccc(N(c4cccc(-c5ccccc5)c4)c4cccc(-c5ccccc5)c4)c3)ccc2-c2cc3ccc4ccccc4c3cc21. The number of para-hydroxylation sites is 1. The topological polar surface area (TPSA) is 6.48 Å². The lowest BCUT2D eigenvalue weighted by molar-refractivity contribution is 0.661. The van der Waals surface area contributed by atoms with Crippen molar-refractivity contribution in [2.45, 2.75) is 19.3 Å². The molecule has 11 rings (SSSR count). The maximum atomic E-state index is 2.46. The summed E-state index contributed by atoms with van der Waals surface area (Å²) in [6, 6.07) is 84.1. The van der Waals surface area contributed by atoms with Crippen molar-refractivity contribution >= 4 is 55.7 Å². The van der Waals surface area contributed by atoms with Gasteiger partial charge in [-0.1, -0.05) is 166 Å². The van der Waals surface area contributed by atoms with Crippen LogP contribution in [0.1, 0.15) is 25.0 Å². The van der Waals surface area contributed by atoms with Crippen LogP contribution in [0.3, 0.4) is 0 Å². The molecule has 290 valence electrons. The van der Waals surface area contributed by atoms with E-state index in [9.17, 15) is 0 Å². The zero-order chi connectivity index (χ0) is 40.9. The van der Waals surface area contributed by atoms with E-state index in [4.69, 9.17) is 0 Å². The summed E-state index contributed by atoms with van der Waals surface area (Å²) in [6.45, 7) is 4.77. The molecular formula is C59H44N2. The van der Waals surface area contributed by atoms with Gasteiger partial charge in [0.15, 0.2) is 0 Å². The molecule has 0 unspecified atom stereocenters. The number of hydrogen-bond acceptors (Lipinski definition) is 2. The van der Waals surface area contributed by atoms with Crippen LogP contribution in [0.2, 0.25) is 0 Å². The molecule has 0 radical (unpaired) electrons. The number of fused-ring (bicyclic) bond motifs is 6. The van der Waals surface area contributed by atoms with Crippen LogP contribution in [0, 0.1) is 0 Å². The van der Waals surface area contributed by atoms with Crippen molar-refractivity contribution in [3.8, 4) is 33.4 Å². The third-order valence-corrected chi connectivity index (χ3v) is 12.6. The van der Waals surface area contributed by atoms with E-state index in [1.807, 2.05) is 0 Å². The molecule has 0 saturated heterocycles. The first kappa shape index (κ1) is 36.4. The largest absolute Gasteiger partial charge is 0.310 e. The van der Waals surface area contributed by atoms with E-state index in [0.29, 0.717) is 0 Å². The molecule has 0 heterocycles. The van der Waals surface area contributed by atoms with Crippen molar-refractivity contribution in [2.24, 2.45) is 0 Å². The minimum Gasteiger partial charge on any atom is -0.310 e. The Bertz CT molecular complexity index is 3140.